The van der Waals surface area contributed by atoms with Gasteiger partial charge in [0.1, 0.15) is 0 Å². The maximum Gasteiger partial charge on any atom is 0.251 e. The molecule has 0 unspecified atom stereocenters. The molecule has 1 aromatic carbocycles. The van der Waals surface area contributed by atoms with Crippen molar-refractivity contribution in [1.82, 2.24) is 14.5 Å². The summed E-state index contributed by atoms with van der Waals surface area (Å²) in [5.74, 6) is 0.313. The summed E-state index contributed by atoms with van der Waals surface area (Å²) in [6, 6.07) is 6.34. The second-order valence-corrected chi connectivity index (χ2v) is 9.26. The molecule has 0 bridgehead atoms. The maximum atomic E-state index is 12.9. The summed E-state index contributed by atoms with van der Waals surface area (Å²) < 4.78 is 32.6. The number of hydrogen-bond donors (Lipinski definition) is 1. The molecule has 2 aliphatic rings. The Balaban J connectivity index is 1.59. The lowest BCUT2D eigenvalue weighted by atomic mass is 10.0. The van der Waals surface area contributed by atoms with Crippen LogP contribution < -0.4 is 5.32 Å². The van der Waals surface area contributed by atoms with Crippen LogP contribution in [0.1, 0.15) is 30.1 Å². The van der Waals surface area contributed by atoms with E-state index in [9.17, 15) is 13.2 Å². The fraction of sp³-hybridized carbons (Fsp3) is 0.632. The van der Waals surface area contributed by atoms with Crippen molar-refractivity contribution < 1.29 is 17.9 Å². The molecule has 27 heavy (non-hydrogen) atoms. The Morgan fingerprint density at radius 1 is 1.19 bits per heavy atom. The third kappa shape index (κ3) is 5.28. The highest BCUT2D eigenvalue weighted by Gasteiger charge is 2.28. The average Bonchev–Trinajstić information content (AvgIpc) is 2.69. The number of carbonyl (C=O) groups excluding carboxylic acids is 1. The van der Waals surface area contributed by atoms with Crippen LogP contribution >= 0.6 is 0 Å². The molecule has 0 spiro atoms. The van der Waals surface area contributed by atoms with Gasteiger partial charge in [-0.05, 0) is 37.0 Å². The van der Waals surface area contributed by atoms with Gasteiger partial charge in [0.2, 0.25) is 10.0 Å². The number of morpholine rings is 1. The first-order valence-electron chi connectivity index (χ1n) is 9.65. The molecule has 0 saturated carbocycles. The molecule has 2 aliphatic heterocycles. The molecule has 7 nitrogen and oxygen atoms in total. The number of rotatable bonds is 6. The van der Waals surface area contributed by atoms with Gasteiger partial charge in [0.05, 0.1) is 18.1 Å². The first-order chi connectivity index (χ1) is 13.0. The first-order valence-corrected chi connectivity index (χ1v) is 11.1. The molecule has 0 aromatic heterocycles. The summed E-state index contributed by atoms with van der Waals surface area (Å²) in [6.45, 7) is 7.71. The number of nitrogens with one attached hydrogen (secondary N) is 1. The summed E-state index contributed by atoms with van der Waals surface area (Å²) in [6.07, 6.45) is 1.75. The number of piperidine rings is 1. The van der Waals surface area contributed by atoms with E-state index in [4.69, 9.17) is 4.74 Å². The van der Waals surface area contributed by atoms with Crippen LogP contribution in [0.4, 0.5) is 0 Å². The van der Waals surface area contributed by atoms with E-state index in [0.29, 0.717) is 31.1 Å². The average molecular weight is 396 g/mol. The normalized spacial score (nSPS) is 20.5. The van der Waals surface area contributed by atoms with Crippen molar-refractivity contribution in [3.8, 4) is 0 Å². The molecule has 0 radical (unpaired) electrons. The molecular formula is C19H29N3O4S. The SMILES string of the molecule is CC1CCN(S(=O)(=O)c2cccc(C(=O)NCCN3CCOCC3)c2)CC1. The molecule has 2 fully saturated rings. The number of ether oxygens (including phenoxy) is 1. The van der Waals surface area contributed by atoms with E-state index in [0.717, 1.165) is 45.7 Å². The summed E-state index contributed by atoms with van der Waals surface area (Å²) in [7, 11) is -3.55. The molecule has 3 rings (SSSR count). The van der Waals surface area contributed by atoms with Crippen molar-refractivity contribution in [2.24, 2.45) is 5.92 Å². The van der Waals surface area contributed by atoms with Crippen LogP contribution in [-0.4, -0.2) is 76.0 Å². The van der Waals surface area contributed by atoms with Crippen LogP contribution in [0.3, 0.4) is 0 Å². The fourth-order valence-corrected chi connectivity index (χ4v) is 4.94. The number of amides is 1. The van der Waals surface area contributed by atoms with E-state index in [1.807, 2.05) is 0 Å². The largest absolute Gasteiger partial charge is 0.379 e. The third-order valence-electron chi connectivity index (χ3n) is 5.29. The summed E-state index contributed by atoms with van der Waals surface area (Å²) in [5, 5.41) is 2.88. The number of sulfonamides is 1. The Kier molecular flexibility index (Phi) is 6.86. The standard InChI is InChI=1S/C19H29N3O4S/c1-16-5-8-22(9-6-16)27(24,25)18-4-2-3-17(15-18)19(23)20-7-10-21-11-13-26-14-12-21/h2-4,15-16H,5-14H2,1H3,(H,20,23). The van der Waals surface area contributed by atoms with Crippen LogP contribution in [0, 0.1) is 5.92 Å². The molecule has 1 aromatic rings. The lowest BCUT2D eigenvalue weighted by Crippen LogP contribution is -2.41. The minimum atomic E-state index is -3.55. The highest BCUT2D eigenvalue weighted by Crippen LogP contribution is 2.23. The van der Waals surface area contributed by atoms with Crippen molar-refractivity contribution in [2.75, 3.05) is 52.5 Å². The number of hydrogen-bond acceptors (Lipinski definition) is 5. The van der Waals surface area contributed by atoms with Crippen molar-refractivity contribution in [3.63, 3.8) is 0 Å². The second-order valence-electron chi connectivity index (χ2n) is 7.32. The van der Waals surface area contributed by atoms with E-state index in [-0.39, 0.29) is 10.8 Å². The monoisotopic (exact) mass is 395 g/mol. The van der Waals surface area contributed by atoms with Crippen LogP contribution in [0.5, 0.6) is 0 Å². The van der Waals surface area contributed by atoms with Crippen LogP contribution in [0.15, 0.2) is 29.2 Å². The molecule has 150 valence electrons. The van der Waals surface area contributed by atoms with Crippen molar-refractivity contribution in [2.45, 2.75) is 24.7 Å². The molecule has 8 heteroatoms. The van der Waals surface area contributed by atoms with E-state index in [1.165, 1.54) is 10.4 Å². The Labute approximate surface area is 161 Å². The topological polar surface area (TPSA) is 79.0 Å². The predicted octanol–water partition coefficient (Wildman–Crippen LogP) is 1.17. The minimum Gasteiger partial charge on any atom is -0.379 e. The number of benzene rings is 1. The zero-order valence-corrected chi connectivity index (χ0v) is 16.7. The Morgan fingerprint density at radius 2 is 1.89 bits per heavy atom. The molecule has 2 saturated heterocycles. The Hall–Kier alpha value is -1.48. The van der Waals surface area contributed by atoms with Gasteiger partial charge in [0, 0.05) is 44.8 Å². The zero-order valence-electron chi connectivity index (χ0n) is 15.9. The predicted molar refractivity (Wildman–Crippen MR) is 103 cm³/mol. The molecule has 2 heterocycles. The van der Waals surface area contributed by atoms with Crippen molar-refractivity contribution in [3.05, 3.63) is 29.8 Å². The summed E-state index contributed by atoms with van der Waals surface area (Å²) in [4.78, 5) is 14.9. The van der Waals surface area contributed by atoms with Crippen LogP contribution in [0.25, 0.3) is 0 Å². The third-order valence-corrected chi connectivity index (χ3v) is 7.19. The first kappa shape index (κ1) is 20.3. The van der Waals surface area contributed by atoms with Gasteiger partial charge in [-0.2, -0.15) is 4.31 Å². The van der Waals surface area contributed by atoms with E-state index < -0.39 is 10.0 Å². The van der Waals surface area contributed by atoms with Gasteiger partial charge in [-0.25, -0.2) is 8.42 Å². The Bertz CT molecular complexity index is 739. The summed E-state index contributed by atoms with van der Waals surface area (Å²) >= 11 is 0. The van der Waals surface area contributed by atoms with Gasteiger partial charge in [-0.3, -0.25) is 9.69 Å². The van der Waals surface area contributed by atoms with E-state index in [2.05, 4.69) is 17.1 Å². The van der Waals surface area contributed by atoms with Gasteiger partial charge < -0.3 is 10.1 Å². The van der Waals surface area contributed by atoms with Gasteiger partial charge in [0.15, 0.2) is 0 Å². The molecule has 0 aliphatic carbocycles. The molecule has 0 atom stereocenters. The van der Waals surface area contributed by atoms with Gasteiger partial charge in [-0.15, -0.1) is 0 Å². The zero-order chi connectivity index (χ0) is 19.3. The lowest BCUT2D eigenvalue weighted by Gasteiger charge is -2.29. The number of nitrogens with zero attached hydrogens (tertiary/aromatic N) is 2. The smallest absolute Gasteiger partial charge is 0.251 e. The van der Waals surface area contributed by atoms with Gasteiger partial charge >= 0.3 is 0 Å². The maximum absolute atomic E-state index is 12.9. The van der Waals surface area contributed by atoms with Gasteiger partial charge in [-0.1, -0.05) is 13.0 Å². The second kappa shape index (κ2) is 9.14. The lowest BCUT2D eigenvalue weighted by molar-refractivity contribution is 0.0383. The van der Waals surface area contributed by atoms with E-state index >= 15 is 0 Å². The van der Waals surface area contributed by atoms with E-state index in [1.54, 1.807) is 18.2 Å². The summed E-state index contributed by atoms with van der Waals surface area (Å²) in [5.41, 5.74) is 0.378. The number of carbonyl (C=O) groups is 1. The van der Waals surface area contributed by atoms with Crippen LogP contribution in [-0.2, 0) is 14.8 Å². The van der Waals surface area contributed by atoms with Crippen molar-refractivity contribution in [1.29, 1.82) is 0 Å². The highest BCUT2D eigenvalue weighted by molar-refractivity contribution is 7.89. The quantitative estimate of drug-likeness (QED) is 0.782. The molecule has 1 N–H and O–H groups in total. The highest BCUT2D eigenvalue weighted by atomic mass is 32.2. The van der Waals surface area contributed by atoms with Gasteiger partial charge in [0.25, 0.3) is 5.91 Å². The minimum absolute atomic E-state index is 0.192. The van der Waals surface area contributed by atoms with Crippen LogP contribution in [0.2, 0.25) is 0 Å². The van der Waals surface area contributed by atoms with Crippen molar-refractivity contribution >= 4 is 15.9 Å². The molecule has 1 amide bonds. The Morgan fingerprint density at radius 3 is 2.59 bits per heavy atom. The fourth-order valence-electron chi connectivity index (χ4n) is 3.43. The molecular weight excluding hydrogens is 366 g/mol.